The van der Waals surface area contributed by atoms with Gasteiger partial charge >= 0.3 is 0 Å². The lowest BCUT2D eigenvalue weighted by Crippen LogP contribution is -2.44. The highest BCUT2D eigenvalue weighted by Crippen LogP contribution is 2.39. The van der Waals surface area contributed by atoms with Gasteiger partial charge in [-0.3, -0.25) is 9.59 Å². The molecule has 2 aliphatic heterocycles. The quantitative estimate of drug-likeness (QED) is 0.511. The van der Waals surface area contributed by atoms with Gasteiger partial charge in [0, 0.05) is 0 Å². The van der Waals surface area contributed by atoms with E-state index in [1.54, 1.807) is 13.8 Å². The maximum Gasteiger partial charge on any atom is 0.293 e. The first-order valence-corrected chi connectivity index (χ1v) is 6.31. The van der Waals surface area contributed by atoms with Gasteiger partial charge in [-0.05, 0) is 13.8 Å². The largest absolute Gasteiger partial charge is 0.460 e. The Hall–Kier alpha value is -0.890. The number of fused-ring (bicyclic) bond motifs is 1. The van der Waals surface area contributed by atoms with Crippen LogP contribution in [-0.4, -0.2) is 55.3 Å². The summed E-state index contributed by atoms with van der Waals surface area (Å²) in [5, 5.41) is 0. The summed E-state index contributed by atoms with van der Waals surface area (Å²) in [6.45, 7) is 4.02. The molecule has 0 aliphatic carbocycles. The molecule has 0 N–H and O–H groups in total. The molecule has 5 atom stereocenters. The fourth-order valence-corrected chi connectivity index (χ4v) is 2.54. The van der Waals surface area contributed by atoms with E-state index in [9.17, 15) is 9.59 Å². The van der Waals surface area contributed by atoms with Crippen LogP contribution in [0.5, 0.6) is 0 Å². The Morgan fingerprint density at radius 3 is 2.63 bits per heavy atom. The number of carbonyl (C=O) groups excluding carboxylic acids is 2. The first-order chi connectivity index (χ1) is 9.02. The van der Waals surface area contributed by atoms with Crippen LogP contribution in [0.25, 0.3) is 0 Å². The highest BCUT2D eigenvalue weighted by atomic mass is 35.5. The Balaban J connectivity index is 2.14. The highest BCUT2D eigenvalue weighted by Gasteiger charge is 2.58. The third kappa shape index (κ3) is 2.84. The van der Waals surface area contributed by atoms with Gasteiger partial charge in [0.15, 0.2) is 24.3 Å². The molecule has 108 valence electrons. The number of hydrogen-bond donors (Lipinski definition) is 0. The summed E-state index contributed by atoms with van der Waals surface area (Å²) < 4.78 is 26.6. The van der Waals surface area contributed by atoms with Crippen LogP contribution in [-0.2, 0) is 33.3 Å². The molecule has 2 aliphatic rings. The lowest BCUT2D eigenvalue weighted by Gasteiger charge is -2.27. The van der Waals surface area contributed by atoms with Crippen molar-refractivity contribution in [1.29, 1.82) is 0 Å². The highest BCUT2D eigenvalue weighted by molar-refractivity contribution is 6.18. The normalized spacial score (nSPS) is 37.4. The van der Waals surface area contributed by atoms with Crippen LogP contribution in [0, 0.1) is 0 Å². The topological polar surface area (TPSA) is 80.3 Å². The number of halogens is 1. The summed E-state index contributed by atoms with van der Waals surface area (Å²) in [6, 6.07) is 0. The van der Waals surface area contributed by atoms with Crippen LogP contribution in [0.2, 0.25) is 0 Å². The number of hydrogen-bond acceptors (Lipinski definition) is 7. The molecule has 0 saturated carbocycles. The second kappa shape index (κ2) is 5.62. The molecule has 19 heavy (non-hydrogen) atoms. The molecule has 0 aromatic heterocycles. The van der Waals surface area contributed by atoms with Gasteiger partial charge in [-0.25, -0.2) is 0 Å². The Morgan fingerprint density at radius 2 is 2.05 bits per heavy atom. The summed E-state index contributed by atoms with van der Waals surface area (Å²) in [6.07, 6.45) is -3.48. The zero-order chi connectivity index (χ0) is 14.0. The smallest absolute Gasteiger partial charge is 0.293 e. The second-order valence-electron chi connectivity index (χ2n) is 4.69. The van der Waals surface area contributed by atoms with Gasteiger partial charge in [0.25, 0.3) is 12.9 Å². The van der Waals surface area contributed by atoms with Crippen LogP contribution in [0.4, 0.5) is 0 Å². The van der Waals surface area contributed by atoms with Crippen molar-refractivity contribution in [2.45, 2.75) is 50.3 Å². The van der Waals surface area contributed by atoms with Gasteiger partial charge in [0.1, 0.15) is 12.2 Å². The standard InChI is InChI=1S/C11H15ClO7/c1-11(2)18-9-8(16-5-14)7(17-10(9)19-11)6(3-12)15-4-13/h4-10H,3H2,1-2H3/t6-,7-,8-,9-,10-/m1/s1. The Morgan fingerprint density at radius 1 is 1.32 bits per heavy atom. The van der Waals surface area contributed by atoms with E-state index < -0.39 is 36.5 Å². The Labute approximate surface area is 115 Å². The fraction of sp³-hybridized carbons (Fsp3) is 0.818. The van der Waals surface area contributed by atoms with Crippen LogP contribution >= 0.6 is 11.6 Å². The van der Waals surface area contributed by atoms with E-state index >= 15 is 0 Å². The van der Waals surface area contributed by atoms with Crippen LogP contribution < -0.4 is 0 Å². The lowest BCUT2D eigenvalue weighted by atomic mass is 10.1. The maximum atomic E-state index is 10.6. The van der Waals surface area contributed by atoms with Gasteiger partial charge < -0.3 is 23.7 Å². The summed E-state index contributed by atoms with van der Waals surface area (Å²) in [4.78, 5) is 21.0. The number of rotatable bonds is 6. The zero-order valence-electron chi connectivity index (χ0n) is 10.5. The molecule has 0 unspecified atom stereocenters. The SMILES string of the molecule is CC1(C)O[C@H]2O[C@H]([C@@H](CCl)OC=O)[C@@H](OC=O)[C@H]2O1. The molecule has 7 nitrogen and oxygen atoms in total. The van der Waals surface area contributed by atoms with E-state index in [-0.39, 0.29) is 12.4 Å². The molecular formula is C11H15ClO7. The van der Waals surface area contributed by atoms with Crippen molar-refractivity contribution in [3.8, 4) is 0 Å². The second-order valence-corrected chi connectivity index (χ2v) is 5.00. The van der Waals surface area contributed by atoms with E-state index in [0.717, 1.165) is 0 Å². The minimum absolute atomic E-state index is 0.00492. The third-order valence-electron chi connectivity index (χ3n) is 2.99. The average Bonchev–Trinajstić information content (AvgIpc) is 2.80. The third-order valence-corrected chi connectivity index (χ3v) is 3.29. The van der Waals surface area contributed by atoms with E-state index in [1.165, 1.54) is 0 Å². The number of carbonyl (C=O) groups is 2. The van der Waals surface area contributed by atoms with Crippen molar-refractivity contribution in [1.82, 2.24) is 0 Å². The van der Waals surface area contributed by atoms with E-state index in [2.05, 4.69) is 0 Å². The molecular weight excluding hydrogens is 280 g/mol. The molecule has 2 heterocycles. The van der Waals surface area contributed by atoms with Crippen molar-refractivity contribution < 1.29 is 33.3 Å². The van der Waals surface area contributed by atoms with Crippen molar-refractivity contribution in [2.24, 2.45) is 0 Å². The first-order valence-electron chi connectivity index (χ1n) is 5.77. The van der Waals surface area contributed by atoms with Gasteiger partial charge in [0.2, 0.25) is 0 Å². The van der Waals surface area contributed by atoms with Crippen molar-refractivity contribution >= 4 is 24.5 Å². The molecule has 0 spiro atoms. The minimum Gasteiger partial charge on any atom is -0.460 e. The van der Waals surface area contributed by atoms with E-state index in [0.29, 0.717) is 6.47 Å². The molecule has 0 radical (unpaired) electrons. The average molecular weight is 295 g/mol. The molecule has 0 aromatic carbocycles. The fourth-order valence-electron chi connectivity index (χ4n) is 2.30. The molecule has 0 aromatic rings. The summed E-state index contributed by atoms with van der Waals surface area (Å²) in [7, 11) is 0. The Kier molecular flexibility index (Phi) is 4.29. The van der Waals surface area contributed by atoms with Crippen LogP contribution in [0.3, 0.4) is 0 Å². The predicted octanol–water partition coefficient (Wildman–Crippen LogP) is 0.185. The molecule has 0 amide bonds. The van der Waals surface area contributed by atoms with Gasteiger partial charge in [-0.2, -0.15) is 0 Å². The first kappa shape index (κ1) is 14.5. The number of ether oxygens (including phenoxy) is 5. The summed E-state index contributed by atoms with van der Waals surface area (Å²) in [5.41, 5.74) is 0. The van der Waals surface area contributed by atoms with Crippen molar-refractivity contribution in [3.63, 3.8) is 0 Å². The van der Waals surface area contributed by atoms with E-state index in [1.807, 2.05) is 0 Å². The monoisotopic (exact) mass is 294 g/mol. The molecule has 2 rings (SSSR count). The van der Waals surface area contributed by atoms with Crippen LogP contribution in [0.1, 0.15) is 13.8 Å². The van der Waals surface area contributed by atoms with Crippen molar-refractivity contribution in [3.05, 3.63) is 0 Å². The molecule has 0 bridgehead atoms. The van der Waals surface area contributed by atoms with Gasteiger partial charge in [0.05, 0.1) is 5.88 Å². The summed E-state index contributed by atoms with van der Waals surface area (Å²) in [5.74, 6) is -0.822. The molecule has 2 saturated heterocycles. The van der Waals surface area contributed by atoms with Gasteiger partial charge in [-0.15, -0.1) is 11.6 Å². The van der Waals surface area contributed by atoms with E-state index in [4.69, 9.17) is 35.3 Å². The number of alkyl halides is 1. The van der Waals surface area contributed by atoms with Gasteiger partial charge in [-0.1, -0.05) is 0 Å². The summed E-state index contributed by atoms with van der Waals surface area (Å²) >= 11 is 5.72. The molecule has 2 fully saturated rings. The molecule has 8 heteroatoms. The minimum atomic E-state index is -0.827. The lowest BCUT2D eigenvalue weighted by molar-refractivity contribution is -0.227. The maximum absolute atomic E-state index is 10.6. The predicted molar refractivity (Wildman–Crippen MR) is 61.3 cm³/mol. The zero-order valence-corrected chi connectivity index (χ0v) is 11.2. The van der Waals surface area contributed by atoms with Crippen LogP contribution in [0.15, 0.2) is 0 Å². The Bertz CT molecular complexity index is 348. The van der Waals surface area contributed by atoms with Crippen molar-refractivity contribution in [2.75, 3.05) is 5.88 Å².